The molecule has 3 heteroatoms. The summed E-state index contributed by atoms with van der Waals surface area (Å²) in [6, 6.07) is 26.5. The molecule has 2 nitrogen and oxygen atoms in total. The molecular weight excluding hydrogens is 324 g/mol. The predicted octanol–water partition coefficient (Wildman–Crippen LogP) is 6.02. The van der Waals surface area contributed by atoms with Crippen LogP contribution in [0.1, 0.15) is 5.56 Å². The van der Waals surface area contributed by atoms with Gasteiger partial charge in [0.2, 0.25) is 0 Å². The highest BCUT2D eigenvalue weighted by atomic mass is 32.1. The van der Waals surface area contributed by atoms with Crippen molar-refractivity contribution in [2.75, 3.05) is 0 Å². The summed E-state index contributed by atoms with van der Waals surface area (Å²) in [5.41, 5.74) is 6.11. The van der Waals surface area contributed by atoms with Crippen LogP contribution in [-0.4, -0.2) is 4.98 Å². The number of hydrogen-bond acceptors (Lipinski definition) is 3. The van der Waals surface area contributed by atoms with E-state index in [0.717, 1.165) is 27.9 Å². The number of benzene rings is 2. The summed E-state index contributed by atoms with van der Waals surface area (Å²) < 4.78 is 0. The Kier molecular flexibility index (Phi) is 4.12. The second kappa shape index (κ2) is 6.72. The second-order valence-corrected chi connectivity index (χ2v) is 6.62. The monoisotopic (exact) mass is 338 g/mol. The molecule has 0 spiro atoms. The van der Waals surface area contributed by atoms with Crippen molar-refractivity contribution in [1.29, 1.82) is 5.26 Å². The molecule has 2 heterocycles. The van der Waals surface area contributed by atoms with Crippen LogP contribution in [0.2, 0.25) is 0 Å². The van der Waals surface area contributed by atoms with Gasteiger partial charge in [-0.1, -0.05) is 42.5 Å². The maximum atomic E-state index is 8.89. The largest absolute Gasteiger partial charge is 0.256 e. The van der Waals surface area contributed by atoms with Gasteiger partial charge in [-0.15, -0.1) is 11.3 Å². The number of aromatic nitrogens is 1. The number of nitrogens with zero attached hydrogens (tertiary/aromatic N) is 2. The van der Waals surface area contributed by atoms with Crippen molar-refractivity contribution in [3.63, 3.8) is 0 Å². The highest BCUT2D eigenvalue weighted by molar-refractivity contribution is 7.13. The molecule has 0 fully saturated rings. The maximum absolute atomic E-state index is 8.89. The fraction of sp³-hybridized carbons (Fsp3) is 0. The molecule has 4 aromatic rings. The van der Waals surface area contributed by atoms with Gasteiger partial charge in [-0.25, -0.2) is 0 Å². The third-order valence-electron chi connectivity index (χ3n) is 4.10. The first-order chi connectivity index (χ1) is 12.3. The van der Waals surface area contributed by atoms with E-state index >= 15 is 0 Å². The predicted molar refractivity (Wildman–Crippen MR) is 103 cm³/mol. The number of hydrogen-bond donors (Lipinski definition) is 0. The van der Waals surface area contributed by atoms with Crippen LogP contribution < -0.4 is 0 Å². The molecule has 25 heavy (non-hydrogen) atoms. The number of nitriles is 1. The number of rotatable bonds is 3. The van der Waals surface area contributed by atoms with Crippen LogP contribution in [0.15, 0.2) is 84.4 Å². The van der Waals surface area contributed by atoms with Crippen molar-refractivity contribution >= 4 is 11.3 Å². The van der Waals surface area contributed by atoms with Crippen LogP contribution in [0.25, 0.3) is 32.8 Å². The lowest BCUT2D eigenvalue weighted by Gasteiger charge is -2.05. The average Bonchev–Trinajstić information content (AvgIpc) is 3.23. The van der Waals surface area contributed by atoms with Gasteiger partial charge >= 0.3 is 0 Å². The lowest BCUT2D eigenvalue weighted by molar-refractivity contribution is 1.33. The standard InChI is InChI=1S/C22H14N2S/c23-14-16-3-5-17(6-4-16)18-7-9-19(10-8-18)21-12-11-20(15-24-21)22-2-1-13-25-22/h1-13,15H. The molecule has 4 rings (SSSR count). The van der Waals surface area contributed by atoms with Gasteiger partial charge in [0, 0.05) is 22.2 Å². The molecule has 0 aliphatic carbocycles. The summed E-state index contributed by atoms with van der Waals surface area (Å²) in [4.78, 5) is 5.83. The molecule has 0 saturated heterocycles. The Morgan fingerprint density at radius 2 is 1.36 bits per heavy atom. The van der Waals surface area contributed by atoms with Gasteiger partial charge in [-0.05, 0) is 46.8 Å². The van der Waals surface area contributed by atoms with Crippen LogP contribution in [-0.2, 0) is 0 Å². The van der Waals surface area contributed by atoms with Gasteiger partial charge in [-0.2, -0.15) is 5.26 Å². The van der Waals surface area contributed by atoms with Gasteiger partial charge in [0.1, 0.15) is 0 Å². The van der Waals surface area contributed by atoms with E-state index in [1.54, 1.807) is 11.3 Å². The van der Waals surface area contributed by atoms with E-state index < -0.39 is 0 Å². The van der Waals surface area contributed by atoms with Gasteiger partial charge in [-0.3, -0.25) is 4.98 Å². The molecule has 2 aromatic carbocycles. The second-order valence-electron chi connectivity index (χ2n) is 5.68. The fourth-order valence-electron chi connectivity index (χ4n) is 2.72. The summed E-state index contributed by atoms with van der Waals surface area (Å²) in [6.07, 6.45) is 1.93. The Bertz CT molecular complexity index is 1010. The molecule has 0 bridgehead atoms. The van der Waals surface area contributed by atoms with Crippen LogP contribution in [0.4, 0.5) is 0 Å². The Hall–Kier alpha value is -3.22. The lowest BCUT2D eigenvalue weighted by atomic mass is 10.0. The van der Waals surface area contributed by atoms with Crippen LogP contribution in [0.5, 0.6) is 0 Å². The molecule has 0 aliphatic heterocycles. The zero-order chi connectivity index (χ0) is 17.1. The minimum Gasteiger partial charge on any atom is -0.256 e. The maximum Gasteiger partial charge on any atom is 0.0991 e. The lowest BCUT2D eigenvalue weighted by Crippen LogP contribution is -1.85. The molecule has 0 saturated carbocycles. The summed E-state index contributed by atoms with van der Waals surface area (Å²) in [5, 5.41) is 11.0. The summed E-state index contributed by atoms with van der Waals surface area (Å²) in [6.45, 7) is 0. The molecule has 2 aromatic heterocycles. The minimum absolute atomic E-state index is 0.676. The fourth-order valence-corrected chi connectivity index (χ4v) is 3.44. The minimum atomic E-state index is 0.676. The van der Waals surface area contributed by atoms with Crippen LogP contribution in [0.3, 0.4) is 0 Å². The van der Waals surface area contributed by atoms with Crippen molar-refractivity contribution in [2.45, 2.75) is 0 Å². The zero-order valence-electron chi connectivity index (χ0n) is 13.4. The van der Waals surface area contributed by atoms with Gasteiger partial charge in [0.15, 0.2) is 0 Å². The smallest absolute Gasteiger partial charge is 0.0991 e. The first kappa shape index (κ1) is 15.3. The van der Waals surface area contributed by atoms with Crippen LogP contribution >= 0.6 is 11.3 Å². The van der Waals surface area contributed by atoms with E-state index in [9.17, 15) is 0 Å². The third kappa shape index (κ3) is 3.21. The topological polar surface area (TPSA) is 36.7 Å². The van der Waals surface area contributed by atoms with E-state index in [2.05, 4.69) is 65.0 Å². The molecule has 0 N–H and O–H groups in total. The van der Waals surface area contributed by atoms with Gasteiger partial charge < -0.3 is 0 Å². The first-order valence-electron chi connectivity index (χ1n) is 7.94. The Balaban J connectivity index is 1.58. The van der Waals surface area contributed by atoms with Crippen molar-refractivity contribution in [1.82, 2.24) is 4.98 Å². The molecule has 0 atom stereocenters. The average molecular weight is 338 g/mol. The Morgan fingerprint density at radius 3 is 1.92 bits per heavy atom. The SMILES string of the molecule is N#Cc1ccc(-c2ccc(-c3ccc(-c4cccs4)cn3)cc2)cc1. The van der Waals surface area contributed by atoms with Crippen LogP contribution in [0, 0.1) is 11.3 Å². The molecular formula is C22H14N2S. The Labute approximate surface area is 150 Å². The number of pyridine rings is 1. The zero-order valence-corrected chi connectivity index (χ0v) is 14.2. The normalized spacial score (nSPS) is 10.4. The molecule has 0 radical (unpaired) electrons. The summed E-state index contributed by atoms with van der Waals surface area (Å²) >= 11 is 1.72. The highest BCUT2D eigenvalue weighted by Gasteiger charge is 2.04. The number of thiophene rings is 1. The van der Waals surface area contributed by atoms with Crippen molar-refractivity contribution in [3.8, 4) is 38.9 Å². The first-order valence-corrected chi connectivity index (χ1v) is 8.82. The van der Waals surface area contributed by atoms with E-state index in [1.807, 2.05) is 30.5 Å². The van der Waals surface area contributed by atoms with Crippen molar-refractivity contribution in [2.24, 2.45) is 0 Å². The molecule has 0 unspecified atom stereocenters. The van der Waals surface area contributed by atoms with E-state index in [1.165, 1.54) is 4.88 Å². The highest BCUT2D eigenvalue weighted by Crippen LogP contribution is 2.27. The van der Waals surface area contributed by atoms with Crippen molar-refractivity contribution in [3.05, 3.63) is 89.9 Å². The molecule has 0 amide bonds. The van der Waals surface area contributed by atoms with E-state index in [-0.39, 0.29) is 0 Å². The molecule has 0 aliphatic rings. The Morgan fingerprint density at radius 1 is 0.720 bits per heavy atom. The van der Waals surface area contributed by atoms with Gasteiger partial charge in [0.25, 0.3) is 0 Å². The van der Waals surface area contributed by atoms with E-state index in [0.29, 0.717) is 5.56 Å². The summed E-state index contributed by atoms with van der Waals surface area (Å²) in [5.74, 6) is 0. The molecule has 118 valence electrons. The van der Waals surface area contributed by atoms with Crippen molar-refractivity contribution < 1.29 is 0 Å². The van der Waals surface area contributed by atoms with E-state index in [4.69, 9.17) is 5.26 Å². The van der Waals surface area contributed by atoms with Gasteiger partial charge in [0.05, 0.1) is 17.3 Å². The third-order valence-corrected chi connectivity index (χ3v) is 5.02. The quantitative estimate of drug-likeness (QED) is 0.458. The summed E-state index contributed by atoms with van der Waals surface area (Å²) in [7, 11) is 0.